The van der Waals surface area contributed by atoms with Crippen LogP contribution in [0.25, 0.3) is 0 Å². The SMILES string of the molecule is Cc1cc(Oc2ccccc2I)ccc1CNC(C)C. The Bertz CT molecular complexity index is 581. The lowest BCUT2D eigenvalue weighted by molar-refractivity contribution is 0.478. The Morgan fingerprint density at radius 1 is 1.15 bits per heavy atom. The van der Waals surface area contributed by atoms with Gasteiger partial charge in [-0.05, 0) is 64.9 Å². The highest BCUT2D eigenvalue weighted by Crippen LogP contribution is 2.27. The number of ether oxygens (including phenoxy) is 1. The summed E-state index contributed by atoms with van der Waals surface area (Å²) in [7, 11) is 0. The molecular formula is C17H20INO. The molecule has 106 valence electrons. The van der Waals surface area contributed by atoms with Gasteiger partial charge in [-0.15, -0.1) is 0 Å². The van der Waals surface area contributed by atoms with Crippen LogP contribution in [0.4, 0.5) is 0 Å². The van der Waals surface area contributed by atoms with Crippen LogP contribution < -0.4 is 10.1 Å². The first-order valence-electron chi connectivity index (χ1n) is 6.81. The van der Waals surface area contributed by atoms with Crippen molar-refractivity contribution in [3.05, 3.63) is 57.2 Å². The predicted octanol–water partition coefficient (Wildman–Crippen LogP) is 4.89. The Labute approximate surface area is 134 Å². The van der Waals surface area contributed by atoms with Gasteiger partial charge < -0.3 is 10.1 Å². The van der Waals surface area contributed by atoms with E-state index in [1.807, 2.05) is 30.3 Å². The van der Waals surface area contributed by atoms with Crippen LogP contribution in [0.2, 0.25) is 0 Å². The number of nitrogens with one attached hydrogen (secondary N) is 1. The minimum Gasteiger partial charge on any atom is -0.456 e. The van der Waals surface area contributed by atoms with E-state index in [1.165, 1.54) is 11.1 Å². The van der Waals surface area contributed by atoms with E-state index in [1.54, 1.807) is 0 Å². The van der Waals surface area contributed by atoms with E-state index < -0.39 is 0 Å². The summed E-state index contributed by atoms with van der Waals surface area (Å²) in [5, 5.41) is 3.44. The number of aryl methyl sites for hydroxylation is 1. The maximum atomic E-state index is 5.94. The molecule has 0 fully saturated rings. The van der Waals surface area contributed by atoms with Crippen molar-refractivity contribution in [2.75, 3.05) is 0 Å². The Morgan fingerprint density at radius 2 is 1.90 bits per heavy atom. The second-order valence-corrected chi connectivity index (χ2v) is 6.32. The van der Waals surface area contributed by atoms with Crippen LogP contribution in [0.5, 0.6) is 11.5 Å². The maximum absolute atomic E-state index is 5.94. The number of hydrogen-bond acceptors (Lipinski definition) is 2. The molecule has 0 unspecified atom stereocenters. The zero-order chi connectivity index (χ0) is 14.5. The predicted molar refractivity (Wildman–Crippen MR) is 92.4 cm³/mol. The van der Waals surface area contributed by atoms with Gasteiger partial charge in [-0.1, -0.05) is 32.0 Å². The van der Waals surface area contributed by atoms with Crippen LogP contribution in [0.3, 0.4) is 0 Å². The third kappa shape index (κ3) is 4.21. The normalized spacial score (nSPS) is 10.8. The summed E-state index contributed by atoms with van der Waals surface area (Å²) in [6.45, 7) is 7.33. The molecular weight excluding hydrogens is 361 g/mol. The molecule has 0 spiro atoms. The molecule has 0 amide bonds. The first-order valence-corrected chi connectivity index (χ1v) is 7.89. The molecule has 2 aromatic carbocycles. The van der Waals surface area contributed by atoms with Gasteiger partial charge >= 0.3 is 0 Å². The van der Waals surface area contributed by atoms with Crippen molar-refractivity contribution in [2.24, 2.45) is 0 Å². The lowest BCUT2D eigenvalue weighted by Crippen LogP contribution is -2.22. The van der Waals surface area contributed by atoms with Crippen molar-refractivity contribution in [1.82, 2.24) is 5.32 Å². The van der Waals surface area contributed by atoms with E-state index in [4.69, 9.17) is 4.74 Å². The Balaban J connectivity index is 2.11. The molecule has 2 nitrogen and oxygen atoms in total. The molecule has 0 aliphatic carbocycles. The summed E-state index contributed by atoms with van der Waals surface area (Å²) < 4.78 is 7.06. The highest BCUT2D eigenvalue weighted by Gasteiger charge is 2.05. The minimum absolute atomic E-state index is 0.497. The number of benzene rings is 2. The molecule has 2 rings (SSSR count). The molecule has 0 aliphatic heterocycles. The standard InChI is InChI=1S/C17H20INO/c1-12(2)19-11-14-8-9-15(10-13(14)3)20-17-7-5-4-6-16(17)18/h4-10,12,19H,11H2,1-3H3. The summed E-state index contributed by atoms with van der Waals surface area (Å²) in [6, 6.07) is 14.8. The van der Waals surface area contributed by atoms with Crippen LogP contribution >= 0.6 is 22.6 Å². The van der Waals surface area contributed by atoms with Crippen LogP contribution in [0.1, 0.15) is 25.0 Å². The molecule has 3 heteroatoms. The van der Waals surface area contributed by atoms with E-state index in [-0.39, 0.29) is 0 Å². The van der Waals surface area contributed by atoms with Crippen LogP contribution in [0.15, 0.2) is 42.5 Å². The number of hydrogen-bond donors (Lipinski definition) is 1. The molecule has 0 radical (unpaired) electrons. The highest BCUT2D eigenvalue weighted by molar-refractivity contribution is 14.1. The van der Waals surface area contributed by atoms with Crippen molar-refractivity contribution in [3.63, 3.8) is 0 Å². The van der Waals surface area contributed by atoms with Gasteiger partial charge in [0.15, 0.2) is 0 Å². The Hall–Kier alpha value is -1.07. The lowest BCUT2D eigenvalue weighted by Gasteiger charge is -2.13. The molecule has 1 N–H and O–H groups in total. The highest BCUT2D eigenvalue weighted by atomic mass is 127. The topological polar surface area (TPSA) is 21.3 Å². The third-order valence-corrected chi connectivity index (χ3v) is 3.97. The fourth-order valence-corrected chi connectivity index (χ4v) is 2.40. The first kappa shape index (κ1) is 15.3. The molecule has 2 aromatic rings. The molecule has 0 aliphatic rings. The fourth-order valence-electron chi connectivity index (χ4n) is 1.90. The third-order valence-electron chi connectivity index (χ3n) is 3.08. The number of halogens is 1. The number of para-hydroxylation sites is 1. The van der Waals surface area contributed by atoms with Crippen LogP contribution in [0, 0.1) is 10.5 Å². The average Bonchev–Trinajstić information content (AvgIpc) is 2.40. The molecule has 0 saturated heterocycles. The Morgan fingerprint density at radius 3 is 2.55 bits per heavy atom. The lowest BCUT2D eigenvalue weighted by atomic mass is 10.1. The van der Waals surface area contributed by atoms with E-state index in [0.29, 0.717) is 6.04 Å². The Kier molecular flexibility index (Phi) is 5.43. The first-order chi connectivity index (χ1) is 9.56. The van der Waals surface area contributed by atoms with E-state index >= 15 is 0 Å². The van der Waals surface area contributed by atoms with E-state index in [0.717, 1.165) is 21.6 Å². The number of rotatable bonds is 5. The molecule has 0 aromatic heterocycles. The summed E-state index contributed by atoms with van der Waals surface area (Å²) >= 11 is 2.29. The van der Waals surface area contributed by atoms with Gasteiger partial charge in [-0.2, -0.15) is 0 Å². The van der Waals surface area contributed by atoms with Gasteiger partial charge in [0, 0.05) is 12.6 Å². The summed E-state index contributed by atoms with van der Waals surface area (Å²) in [4.78, 5) is 0. The van der Waals surface area contributed by atoms with E-state index in [9.17, 15) is 0 Å². The van der Waals surface area contributed by atoms with Crippen molar-refractivity contribution >= 4 is 22.6 Å². The van der Waals surface area contributed by atoms with Crippen LogP contribution in [-0.2, 0) is 6.54 Å². The second kappa shape index (κ2) is 7.09. The molecule has 0 atom stereocenters. The summed E-state index contributed by atoms with van der Waals surface area (Å²) in [5.41, 5.74) is 2.57. The fraction of sp³-hybridized carbons (Fsp3) is 0.294. The van der Waals surface area contributed by atoms with Crippen molar-refractivity contribution in [2.45, 2.75) is 33.4 Å². The quantitative estimate of drug-likeness (QED) is 0.745. The monoisotopic (exact) mass is 381 g/mol. The van der Waals surface area contributed by atoms with Gasteiger partial charge in [0.1, 0.15) is 11.5 Å². The molecule has 0 heterocycles. The maximum Gasteiger partial charge on any atom is 0.140 e. The average molecular weight is 381 g/mol. The molecule has 0 bridgehead atoms. The zero-order valence-electron chi connectivity index (χ0n) is 12.1. The van der Waals surface area contributed by atoms with Gasteiger partial charge in [0.05, 0.1) is 3.57 Å². The van der Waals surface area contributed by atoms with E-state index in [2.05, 4.69) is 60.8 Å². The van der Waals surface area contributed by atoms with Gasteiger partial charge in [0.2, 0.25) is 0 Å². The van der Waals surface area contributed by atoms with Crippen molar-refractivity contribution in [3.8, 4) is 11.5 Å². The van der Waals surface area contributed by atoms with Crippen molar-refractivity contribution < 1.29 is 4.74 Å². The summed E-state index contributed by atoms with van der Waals surface area (Å²) in [5.74, 6) is 1.79. The zero-order valence-corrected chi connectivity index (χ0v) is 14.3. The smallest absolute Gasteiger partial charge is 0.140 e. The summed E-state index contributed by atoms with van der Waals surface area (Å²) in [6.07, 6.45) is 0. The van der Waals surface area contributed by atoms with Crippen LogP contribution in [-0.4, -0.2) is 6.04 Å². The molecule has 0 saturated carbocycles. The van der Waals surface area contributed by atoms with Gasteiger partial charge in [-0.25, -0.2) is 0 Å². The molecule has 20 heavy (non-hydrogen) atoms. The van der Waals surface area contributed by atoms with Gasteiger partial charge in [-0.3, -0.25) is 0 Å². The second-order valence-electron chi connectivity index (χ2n) is 5.16. The minimum atomic E-state index is 0.497. The van der Waals surface area contributed by atoms with Gasteiger partial charge in [0.25, 0.3) is 0 Å². The van der Waals surface area contributed by atoms with Crippen molar-refractivity contribution in [1.29, 1.82) is 0 Å². The largest absolute Gasteiger partial charge is 0.456 e.